The Morgan fingerprint density at radius 3 is 2.50 bits per heavy atom. The highest BCUT2D eigenvalue weighted by Crippen LogP contribution is 2.43. The van der Waals surface area contributed by atoms with Gasteiger partial charge in [-0.2, -0.15) is 0 Å². The zero-order valence-electron chi connectivity index (χ0n) is 13.1. The van der Waals surface area contributed by atoms with Crippen LogP contribution < -0.4 is 0 Å². The van der Waals surface area contributed by atoms with Gasteiger partial charge in [-0.25, -0.2) is 4.79 Å². The number of rotatable bonds is 5. The maximum absolute atomic E-state index is 11.7. The van der Waals surface area contributed by atoms with E-state index < -0.39 is 0 Å². The zero-order chi connectivity index (χ0) is 15.3. The molecule has 0 unspecified atom stereocenters. The molecule has 3 nitrogen and oxygen atoms in total. The van der Waals surface area contributed by atoms with Crippen molar-refractivity contribution in [2.24, 2.45) is 5.41 Å². The van der Waals surface area contributed by atoms with Gasteiger partial charge in [-0.15, -0.1) is 0 Å². The van der Waals surface area contributed by atoms with Crippen LogP contribution in [0.1, 0.15) is 47.5 Å². The zero-order valence-corrected chi connectivity index (χ0v) is 13.1. The minimum atomic E-state index is -0.332. The van der Waals surface area contributed by atoms with Crippen LogP contribution in [0.2, 0.25) is 0 Å². The molecule has 0 atom stereocenters. The van der Waals surface area contributed by atoms with E-state index in [0.717, 1.165) is 29.6 Å². The van der Waals surface area contributed by atoms with Crippen LogP contribution in [0, 0.1) is 5.41 Å². The highest BCUT2D eigenvalue weighted by atomic mass is 16.5. The van der Waals surface area contributed by atoms with E-state index in [2.05, 4.69) is 13.8 Å². The van der Waals surface area contributed by atoms with Gasteiger partial charge >= 0.3 is 5.97 Å². The summed E-state index contributed by atoms with van der Waals surface area (Å²) in [6.45, 7) is 9.91. The molecule has 1 rings (SSSR count). The largest absolute Gasteiger partial charge is 0.463 e. The van der Waals surface area contributed by atoms with Gasteiger partial charge in [0.25, 0.3) is 0 Å². The topological polar surface area (TPSA) is 43.4 Å². The molecule has 0 fully saturated rings. The van der Waals surface area contributed by atoms with Gasteiger partial charge in [-0.3, -0.25) is 4.79 Å². The molecule has 0 aromatic heterocycles. The molecule has 0 aromatic rings. The van der Waals surface area contributed by atoms with E-state index in [1.807, 2.05) is 19.1 Å². The molecule has 3 heteroatoms. The highest BCUT2D eigenvalue weighted by Gasteiger charge is 2.32. The Bertz CT molecular complexity index is 490. The Morgan fingerprint density at radius 1 is 1.30 bits per heavy atom. The van der Waals surface area contributed by atoms with Gasteiger partial charge < -0.3 is 4.74 Å². The molecule has 0 saturated carbocycles. The fourth-order valence-electron chi connectivity index (χ4n) is 2.44. The minimum Gasteiger partial charge on any atom is -0.463 e. The number of carbonyl (C=O) groups is 2. The van der Waals surface area contributed by atoms with Gasteiger partial charge in [0, 0.05) is 6.08 Å². The monoisotopic (exact) mass is 276 g/mol. The van der Waals surface area contributed by atoms with E-state index in [9.17, 15) is 9.59 Å². The number of ketones is 1. The lowest BCUT2D eigenvalue weighted by Crippen LogP contribution is -2.09. The van der Waals surface area contributed by atoms with Crippen LogP contribution in [0.4, 0.5) is 0 Å². The number of esters is 1. The van der Waals surface area contributed by atoms with Crippen LogP contribution in [0.3, 0.4) is 0 Å². The number of hydrogen-bond acceptors (Lipinski definition) is 3. The van der Waals surface area contributed by atoms with Gasteiger partial charge in [0.15, 0.2) is 5.78 Å². The first-order valence-electron chi connectivity index (χ1n) is 7.05. The minimum absolute atomic E-state index is 0.0156. The molecule has 0 bridgehead atoms. The Hall–Kier alpha value is -1.64. The molecule has 0 N–H and O–H groups in total. The average Bonchev–Trinajstić information content (AvgIpc) is 2.62. The SMILES string of the molecule is CCOC(=O)C=C(C)C=CC1=C(C(C)=O)CCC1(C)C. The Kier molecular flexibility index (Phi) is 5.49. The number of ether oxygens (including phenoxy) is 1. The van der Waals surface area contributed by atoms with Crippen molar-refractivity contribution in [2.75, 3.05) is 6.61 Å². The van der Waals surface area contributed by atoms with Crippen LogP contribution >= 0.6 is 0 Å². The van der Waals surface area contributed by atoms with Gasteiger partial charge in [0.1, 0.15) is 0 Å². The Morgan fingerprint density at radius 2 is 1.95 bits per heavy atom. The number of hydrogen-bond donors (Lipinski definition) is 0. The second-order valence-electron chi connectivity index (χ2n) is 5.81. The standard InChI is InChI=1S/C17H24O3/c1-6-20-16(19)11-12(2)7-8-15-14(13(3)18)9-10-17(15,4)5/h7-8,11H,6,9-10H2,1-5H3. The third kappa shape index (κ3) is 4.19. The van der Waals surface area contributed by atoms with Crippen molar-refractivity contribution >= 4 is 11.8 Å². The van der Waals surface area contributed by atoms with Crippen molar-refractivity contribution in [3.8, 4) is 0 Å². The summed E-state index contributed by atoms with van der Waals surface area (Å²) >= 11 is 0. The molecule has 0 heterocycles. The highest BCUT2D eigenvalue weighted by molar-refractivity contribution is 5.95. The molecule has 1 aliphatic carbocycles. The fraction of sp³-hybridized carbons (Fsp3) is 0.529. The summed E-state index contributed by atoms with van der Waals surface area (Å²) in [7, 11) is 0. The quantitative estimate of drug-likeness (QED) is 0.436. The normalized spacial score (nSPS) is 18.8. The van der Waals surface area contributed by atoms with E-state index in [0.29, 0.717) is 6.61 Å². The number of carbonyl (C=O) groups excluding carboxylic acids is 2. The molecule has 110 valence electrons. The summed E-state index contributed by atoms with van der Waals surface area (Å²) in [5, 5.41) is 0. The lowest BCUT2D eigenvalue weighted by Gasteiger charge is -2.20. The molecule has 1 aliphatic rings. The number of Topliss-reactive ketones (excluding diaryl/α,β-unsaturated/α-hetero) is 1. The van der Waals surface area contributed by atoms with Crippen LogP contribution in [0.25, 0.3) is 0 Å². The predicted octanol–water partition coefficient (Wildman–Crippen LogP) is 3.76. The second-order valence-corrected chi connectivity index (χ2v) is 5.81. The molecule has 20 heavy (non-hydrogen) atoms. The maximum Gasteiger partial charge on any atom is 0.330 e. The molecular weight excluding hydrogens is 252 g/mol. The lowest BCUT2D eigenvalue weighted by atomic mass is 9.84. The molecule has 0 spiro atoms. The summed E-state index contributed by atoms with van der Waals surface area (Å²) in [5.41, 5.74) is 2.83. The van der Waals surface area contributed by atoms with Crippen molar-refractivity contribution in [1.82, 2.24) is 0 Å². The van der Waals surface area contributed by atoms with E-state index in [1.54, 1.807) is 13.8 Å². The number of allylic oxidation sites excluding steroid dienone is 5. The van der Waals surface area contributed by atoms with Crippen molar-refractivity contribution < 1.29 is 14.3 Å². The molecule has 0 radical (unpaired) electrons. The van der Waals surface area contributed by atoms with E-state index >= 15 is 0 Å². The molecule has 0 aliphatic heterocycles. The van der Waals surface area contributed by atoms with Gasteiger partial charge in [-0.1, -0.05) is 26.0 Å². The maximum atomic E-state index is 11.7. The summed E-state index contributed by atoms with van der Waals surface area (Å²) in [4.78, 5) is 23.0. The summed E-state index contributed by atoms with van der Waals surface area (Å²) in [5.74, 6) is -0.191. The van der Waals surface area contributed by atoms with Crippen molar-refractivity contribution in [3.05, 3.63) is 34.9 Å². The van der Waals surface area contributed by atoms with Crippen molar-refractivity contribution in [3.63, 3.8) is 0 Å². The smallest absolute Gasteiger partial charge is 0.330 e. The summed E-state index contributed by atoms with van der Waals surface area (Å²) < 4.78 is 4.87. The fourth-order valence-corrected chi connectivity index (χ4v) is 2.44. The second kappa shape index (κ2) is 6.69. The first kappa shape index (κ1) is 16.4. The molecule has 0 saturated heterocycles. The summed E-state index contributed by atoms with van der Waals surface area (Å²) in [6.07, 6.45) is 7.14. The van der Waals surface area contributed by atoms with Gasteiger partial charge in [0.2, 0.25) is 0 Å². The lowest BCUT2D eigenvalue weighted by molar-refractivity contribution is -0.137. The Balaban J connectivity index is 2.94. The summed E-state index contributed by atoms with van der Waals surface area (Å²) in [6, 6.07) is 0. The Labute approximate surface area is 121 Å². The van der Waals surface area contributed by atoms with Crippen LogP contribution in [-0.4, -0.2) is 18.4 Å². The first-order valence-corrected chi connectivity index (χ1v) is 7.05. The molecule has 0 amide bonds. The van der Waals surface area contributed by atoms with Crippen LogP contribution in [0.5, 0.6) is 0 Å². The predicted molar refractivity (Wildman–Crippen MR) is 80.3 cm³/mol. The van der Waals surface area contributed by atoms with Crippen LogP contribution in [0.15, 0.2) is 34.9 Å². The van der Waals surface area contributed by atoms with E-state index in [-0.39, 0.29) is 17.2 Å². The average molecular weight is 276 g/mol. The van der Waals surface area contributed by atoms with Crippen molar-refractivity contribution in [1.29, 1.82) is 0 Å². The molecule has 0 aromatic carbocycles. The molecular formula is C17H24O3. The van der Waals surface area contributed by atoms with Gasteiger partial charge in [-0.05, 0) is 55.7 Å². The van der Waals surface area contributed by atoms with E-state index in [4.69, 9.17) is 4.74 Å². The third-order valence-electron chi connectivity index (χ3n) is 3.62. The van der Waals surface area contributed by atoms with E-state index in [1.165, 1.54) is 6.08 Å². The third-order valence-corrected chi connectivity index (χ3v) is 3.62. The van der Waals surface area contributed by atoms with Gasteiger partial charge in [0.05, 0.1) is 6.61 Å². The first-order chi connectivity index (χ1) is 9.27. The van der Waals surface area contributed by atoms with Crippen molar-refractivity contribution in [2.45, 2.75) is 47.5 Å². The van der Waals surface area contributed by atoms with Crippen LogP contribution in [-0.2, 0) is 14.3 Å².